The minimum Gasteiger partial charge on any atom is -0.495 e. The first-order valence-corrected chi connectivity index (χ1v) is 8.72. The molecular weight excluding hydrogens is 316 g/mol. The predicted octanol–water partition coefficient (Wildman–Crippen LogP) is 1.92. The molecule has 0 aromatic heterocycles. The molecule has 1 N–H and O–H groups in total. The molecule has 7 heteroatoms. The van der Waals surface area contributed by atoms with Gasteiger partial charge in [0.25, 0.3) is 0 Å². The smallest absolute Gasteiger partial charge is 0.247 e. The van der Waals surface area contributed by atoms with Crippen molar-refractivity contribution in [2.24, 2.45) is 0 Å². The highest BCUT2D eigenvalue weighted by molar-refractivity contribution is 7.89. The molecule has 0 atom stereocenters. The van der Waals surface area contributed by atoms with Crippen molar-refractivity contribution in [3.8, 4) is 5.75 Å². The van der Waals surface area contributed by atoms with E-state index in [-0.39, 0.29) is 29.6 Å². The number of hydrogen-bond acceptors (Lipinski definition) is 4. The molecule has 0 aliphatic carbocycles. The number of methoxy groups -OCH3 is 1. The van der Waals surface area contributed by atoms with Crippen LogP contribution in [0.2, 0.25) is 0 Å². The van der Waals surface area contributed by atoms with Crippen LogP contribution in [0.25, 0.3) is 0 Å². The fourth-order valence-corrected chi connectivity index (χ4v) is 3.78. The number of sulfonamides is 1. The number of nitrogens with zero attached hydrogens (tertiary/aromatic N) is 1. The van der Waals surface area contributed by atoms with Crippen LogP contribution in [0.1, 0.15) is 26.3 Å². The summed E-state index contributed by atoms with van der Waals surface area (Å²) >= 11 is 0. The lowest BCUT2D eigenvalue weighted by Crippen LogP contribution is -2.32. The second-order valence-corrected chi connectivity index (χ2v) is 7.19. The van der Waals surface area contributed by atoms with Crippen molar-refractivity contribution in [3.63, 3.8) is 0 Å². The quantitative estimate of drug-likeness (QED) is 0.734. The van der Waals surface area contributed by atoms with E-state index in [4.69, 9.17) is 4.74 Å². The zero-order chi connectivity index (χ0) is 17.6. The maximum Gasteiger partial charge on any atom is 0.247 e. The Morgan fingerprint density at radius 2 is 2.00 bits per heavy atom. The van der Waals surface area contributed by atoms with Crippen molar-refractivity contribution in [2.45, 2.75) is 32.2 Å². The molecule has 0 heterocycles. The molecule has 6 nitrogen and oxygen atoms in total. The number of carbonyl (C=O) groups excluding carboxylic acids is 1. The summed E-state index contributed by atoms with van der Waals surface area (Å²) in [6, 6.07) is 4.85. The first kappa shape index (κ1) is 19.2. The average molecular weight is 340 g/mol. The monoisotopic (exact) mass is 340 g/mol. The lowest BCUT2D eigenvalue weighted by atomic mass is 10.2. The molecule has 0 spiro atoms. The molecule has 1 aromatic rings. The van der Waals surface area contributed by atoms with Gasteiger partial charge < -0.3 is 10.1 Å². The van der Waals surface area contributed by atoms with E-state index in [0.29, 0.717) is 12.1 Å². The van der Waals surface area contributed by atoms with Crippen molar-refractivity contribution >= 4 is 15.9 Å². The summed E-state index contributed by atoms with van der Waals surface area (Å²) in [5, 5.41) is 2.65. The predicted molar refractivity (Wildman–Crippen MR) is 89.8 cm³/mol. The molecule has 128 valence electrons. The molecule has 1 amide bonds. The molecule has 1 aromatic carbocycles. The third-order valence-corrected chi connectivity index (χ3v) is 5.13. The highest BCUT2D eigenvalue weighted by Crippen LogP contribution is 2.28. The van der Waals surface area contributed by atoms with E-state index in [2.05, 4.69) is 11.9 Å². The lowest BCUT2D eigenvalue weighted by Gasteiger charge is -2.22. The van der Waals surface area contributed by atoms with Crippen LogP contribution >= 0.6 is 0 Å². The summed E-state index contributed by atoms with van der Waals surface area (Å²) in [5.74, 6) is 0.0967. The van der Waals surface area contributed by atoms with E-state index in [1.54, 1.807) is 26.0 Å². The highest BCUT2D eigenvalue weighted by Gasteiger charge is 2.27. The van der Waals surface area contributed by atoms with Gasteiger partial charge in [-0.3, -0.25) is 4.79 Å². The van der Waals surface area contributed by atoms with E-state index in [9.17, 15) is 13.2 Å². The molecule has 0 saturated carbocycles. The summed E-state index contributed by atoms with van der Waals surface area (Å²) in [6.07, 6.45) is 0. The van der Waals surface area contributed by atoms with Gasteiger partial charge in [0, 0.05) is 26.6 Å². The van der Waals surface area contributed by atoms with Gasteiger partial charge in [-0.05, 0) is 24.6 Å². The summed E-state index contributed by atoms with van der Waals surface area (Å²) in [7, 11) is -2.29. The summed E-state index contributed by atoms with van der Waals surface area (Å²) in [4.78, 5) is 11.1. The lowest BCUT2D eigenvalue weighted by molar-refractivity contribution is -0.119. The van der Waals surface area contributed by atoms with E-state index < -0.39 is 10.0 Å². The fraction of sp³-hybridized carbons (Fsp3) is 0.438. The van der Waals surface area contributed by atoms with E-state index in [0.717, 1.165) is 5.57 Å². The zero-order valence-corrected chi connectivity index (χ0v) is 14.9. The van der Waals surface area contributed by atoms with E-state index in [1.807, 2.05) is 0 Å². The fourth-order valence-electron chi connectivity index (χ4n) is 2.07. The van der Waals surface area contributed by atoms with Gasteiger partial charge in [-0.1, -0.05) is 25.1 Å². The zero-order valence-electron chi connectivity index (χ0n) is 14.0. The van der Waals surface area contributed by atoms with Gasteiger partial charge in [0.2, 0.25) is 15.9 Å². The molecule has 0 bridgehead atoms. The van der Waals surface area contributed by atoms with Crippen LogP contribution < -0.4 is 10.1 Å². The number of rotatable bonds is 8. The first-order chi connectivity index (χ1) is 10.7. The molecule has 0 saturated heterocycles. The van der Waals surface area contributed by atoms with Gasteiger partial charge in [-0.25, -0.2) is 8.42 Å². The van der Waals surface area contributed by atoms with Gasteiger partial charge >= 0.3 is 0 Å². The Morgan fingerprint density at radius 1 is 1.35 bits per heavy atom. The number of carbonyl (C=O) groups is 1. The standard InChI is InChI=1S/C16H24N2O4S/c1-6-18(11-12(2)3)23(20,21)16-9-14(10-17-13(4)19)7-8-15(16)22-5/h7-9H,2,6,10-11H2,1,3-5H3,(H,17,19). The Balaban J connectivity index is 3.27. The van der Waals surface area contributed by atoms with Crippen LogP contribution in [-0.2, 0) is 21.4 Å². The molecule has 23 heavy (non-hydrogen) atoms. The van der Waals surface area contributed by atoms with Crippen molar-refractivity contribution < 1.29 is 17.9 Å². The topological polar surface area (TPSA) is 75.7 Å². The molecule has 0 aliphatic heterocycles. The number of amides is 1. The molecule has 0 fully saturated rings. The Kier molecular flexibility index (Phi) is 6.78. The molecule has 1 rings (SSSR count). The van der Waals surface area contributed by atoms with Gasteiger partial charge in [-0.15, -0.1) is 0 Å². The van der Waals surface area contributed by atoms with Gasteiger partial charge in [-0.2, -0.15) is 4.31 Å². The van der Waals surface area contributed by atoms with Crippen LogP contribution in [0.4, 0.5) is 0 Å². The van der Waals surface area contributed by atoms with Crippen LogP contribution in [0, 0.1) is 0 Å². The van der Waals surface area contributed by atoms with Crippen LogP contribution in [0.5, 0.6) is 5.75 Å². The van der Waals surface area contributed by atoms with Crippen molar-refractivity contribution in [2.75, 3.05) is 20.2 Å². The van der Waals surface area contributed by atoms with Crippen molar-refractivity contribution in [1.82, 2.24) is 9.62 Å². The average Bonchev–Trinajstić information content (AvgIpc) is 2.49. The number of hydrogen-bond donors (Lipinski definition) is 1. The van der Waals surface area contributed by atoms with E-state index >= 15 is 0 Å². The highest BCUT2D eigenvalue weighted by atomic mass is 32.2. The summed E-state index contributed by atoms with van der Waals surface area (Å²) in [5.41, 5.74) is 1.44. The first-order valence-electron chi connectivity index (χ1n) is 7.28. The van der Waals surface area contributed by atoms with E-state index in [1.165, 1.54) is 24.4 Å². The Morgan fingerprint density at radius 3 is 2.48 bits per heavy atom. The largest absolute Gasteiger partial charge is 0.495 e. The van der Waals surface area contributed by atoms with Crippen LogP contribution in [0.3, 0.4) is 0 Å². The second-order valence-electron chi connectivity index (χ2n) is 5.28. The van der Waals surface area contributed by atoms with Crippen molar-refractivity contribution in [3.05, 3.63) is 35.9 Å². The third kappa shape index (κ3) is 5.07. The number of ether oxygens (including phenoxy) is 1. The molecule has 0 unspecified atom stereocenters. The summed E-state index contributed by atoms with van der Waals surface area (Å²) in [6.45, 7) is 9.57. The molecule has 0 aliphatic rings. The molecular formula is C16H24N2O4S. The molecule has 0 radical (unpaired) electrons. The number of benzene rings is 1. The second kappa shape index (κ2) is 8.12. The van der Waals surface area contributed by atoms with Gasteiger partial charge in [0.15, 0.2) is 0 Å². The van der Waals surface area contributed by atoms with Gasteiger partial charge in [0.05, 0.1) is 7.11 Å². The SMILES string of the molecule is C=C(C)CN(CC)S(=O)(=O)c1cc(CNC(C)=O)ccc1OC. The Labute approximate surface area is 138 Å². The maximum absolute atomic E-state index is 12.9. The van der Waals surface area contributed by atoms with Crippen molar-refractivity contribution in [1.29, 1.82) is 0 Å². The Hall–Kier alpha value is -1.86. The van der Waals surface area contributed by atoms with Crippen LogP contribution in [0.15, 0.2) is 35.2 Å². The third-order valence-electron chi connectivity index (χ3n) is 3.19. The number of likely N-dealkylation sites (N-methyl/N-ethyl adjacent to an activating group) is 1. The van der Waals surface area contributed by atoms with Gasteiger partial charge in [0.1, 0.15) is 10.6 Å². The minimum absolute atomic E-state index is 0.0888. The normalized spacial score (nSPS) is 11.3. The summed E-state index contributed by atoms with van der Waals surface area (Å²) < 4.78 is 32.3. The Bertz CT molecular complexity index is 683. The van der Waals surface area contributed by atoms with Crippen LogP contribution in [-0.4, -0.2) is 38.8 Å². The minimum atomic E-state index is -3.72. The maximum atomic E-state index is 12.9. The number of nitrogens with one attached hydrogen (secondary N) is 1.